The molecule has 1 rings (SSSR count). The second kappa shape index (κ2) is 8.99. The van der Waals surface area contributed by atoms with Crippen molar-refractivity contribution in [2.45, 2.75) is 32.6 Å². The van der Waals surface area contributed by atoms with Crippen LogP contribution in [0, 0.1) is 5.92 Å². The van der Waals surface area contributed by atoms with Crippen molar-refractivity contribution in [1.29, 1.82) is 0 Å². The standard InChI is InChI=1S/C14H23NO2/c1-2-3-4-5-6-7-8-14(16)15-11-13-9-10-17-12-13/h5-8,13H,2-4,9-12H2,1H3,(H,15,16). The fourth-order valence-electron chi connectivity index (χ4n) is 1.69. The third-order valence-electron chi connectivity index (χ3n) is 2.81. The summed E-state index contributed by atoms with van der Waals surface area (Å²) in [6.45, 7) is 4.50. The van der Waals surface area contributed by atoms with E-state index < -0.39 is 0 Å². The van der Waals surface area contributed by atoms with E-state index in [-0.39, 0.29) is 5.91 Å². The summed E-state index contributed by atoms with van der Waals surface area (Å²) >= 11 is 0. The molecule has 0 saturated carbocycles. The van der Waals surface area contributed by atoms with Gasteiger partial charge in [-0.25, -0.2) is 0 Å². The third-order valence-corrected chi connectivity index (χ3v) is 2.81. The largest absolute Gasteiger partial charge is 0.381 e. The second-order valence-electron chi connectivity index (χ2n) is 4.40. The van der Waals surface area contributed by atoms with Gasteiger partial charge in [0.1, 0.15) is 0 Å². The molecule has 3 nitrogen and oxygen atoms in total. The smallest absolute Gasteiger partial charge is 0.243 e. The Morgan fingerprint density at radius 3 is 3.06 bits per heavy atom. The van der Waals surface area contributed by atoms with Crippen molar-refractivity contribution in [3.63, 3.8) is 0 Å². The van der Waals surface area contributed by atoms with Crippen molar-refractivity contribution in [1.82, 2.24) is 5.32 Å². The van der Waals surface area contributed by atoms with Gasteiger partial charge in [0, 0.05) is 25.1 Å². The van der Waals surface area contributed by atoms with Gasteiger partial charge in [0.15, 0.2) is 0 Å². The molecule has 17 heavy (non-hydrogen) atoms. The zero-order chi connectivity index (χ0) is 12.3. The molecule has 0 aromatic heterocycles. The highest BCUT2D eigenvalue weighted by molar-refractivity contribution is 5.87. The summed E-state index contributed by atoms with van der Waals surface area (Å²) in [5.41, 5.74) is 0. The summed E-state index contributed by atoms with van der Waals surface area (Å²) in [6.07, 6.45) is 12.0. The van der Waals surface area contributed by atoms with Crippen LogP contribution >= 0.6 is 0 Å². The number of carbonyl (C=O) groups excluding carboxylic acids is 1. The minimum absolute atomic E-state index is 0.0166. The molecular formula is C14H23NO2. The first-order chi connectivity index (χ1) is 8.33. The zero-order valence-corrected chi connectivity index (χ0v) is 10.7. The lowest BCUT2D eigenvalue weighted by Crippen LogP contribution is -2.27. The van der Waals surface area contributed by atoms with Crippen LogP contribution in [0.2, 0.25) is 0 Å². The number of hydrogen-bond acceptors (Lipinski definition) is 2. The van der Waals surface area contributed by atoms with Gasteiger partial charge in [-0.15, -0.1) is 0 Å². The van der Waals surface area contributed by atoms with E-state index in [1.807, 2.05) is 6.08 Å². The number of nitrogens with one attached hydrogen (secondary N) is 1. The molecule has 0 spiro atoms. The highest BCUT2D eigenvalue weighted by atomic mass is 16.5. The van der Waals surface area contributed by atoms with Crippen LogP contribution in [0.1, 0.15) is 32.6 Å². The van der Waals surface area contributed by atoms with E-state index in [0.717, 1.165) is 32.6 Å². The number of rotatable bonds is 7. The molecule has 1 atom stereocenters. The minimum Gasteiger partial charge on any atom is -0.381 e. The number of ether oxygens (including phenoxy) is 1. The molecule has 1 amide bonds. The molecule has 1 fully saturated rings. The van der Waals surface area contributed by atoms with Gasteiger partial charge < -0.3 is 10.1 Å². The van der Waals surface area contributed by atoms with Crippen molar-refractivity contribution in [2.24, 2.45) is 5.92 Å². The van der Waals surface area contributed by atoms with E-state index in [9.17, 15) is 4.79 Å². The monoisotopic (exact) mass is 237 g/mol. The van der Waals surface area contributed by atoms with Gasteiger partial charge in [-0.2, -0.15) is 0 Å². The Labute approximate surface area is 104 Å². The average Bonchev–Trinajstić information content (AvgIpc) is 2.84. The van der Waals surface area contributed by atoms with E-state index in [1.165, 1.54) is 12.8 Å². The molecule has 0 aromatic carbocycles. The van der Waals surface area contributed by atoms with Crippen LogP contribution < -0.4 is 5.32 Å². The van der Waals surface area contributed by atoms with Crippen LogP contribution in [-0.2, 0) is 9.53 Å². The second-order valence-corrected chi connectivity index (χ2v) is 4.40. The van der Waals surface area contributed by atoms with Crippen LogP contribution in [-0.4, -0.2) is 25.7 Å². The highest BCUT2D eigenvalue weighted by Gasteiger charge is 2.15. The molecule has 1 saturated heterocycles. The van der Waals surface area contributed by atoms with Gasteiger partial charge in [-0.3, -0.25) is 4.79 Å². The van der Waals surface area contributed by atoms with Gasteiger partial charge in [-0.1, -0.05) is 38.0 Å². The molecule has 0 bridgehead atoms. The zero-order valence-electron chi connectivity index (χ0n) is 10.7. The lowest BCUT2D eigenvalue weighted by molar-refractivity contribution is -0.116. The predicted molar refractivity (Wildman–Crippen MR) is 69.7 cm³/mol. The lowest BCUT2D eigenvalue weighted by atomic mass is 10.1. The molecule has 1 N–H and O–H groups in total. The van der Waals surface area contributed by atoms with Crippen molar-refractivity contribution >= 4 is 5.91 Å². The van der Waals surface area contributed by atoms with E-state index in [2.05, 4.69) is 18.3 Å². The number of allylic oxidation sites excluding steroid dienone is 3. The Balaban J connectivity index is 2.06. The van der Waals surface area contributed by atoms with Crippen LogP contribution in [0.5, 0.6) is 0 Å². The van der Waals surface area contributed by atoms with Crippen LogP contribution in [0.25, 0.3) is 0 Å². The van der Waals surface area contributed by atoms with Gasteiger partial charge in [0.05, 0.1) is 6.61 Å². The highest BCUT2D eigenvalue weighted by Crippen LogP contribution is 2.10. The maximum atomic E-state index is 11.4. The SMILES string of the molecule is CCCCC=CC=CC(=O)NCC1CCOC1. The lowest BCUT2D eigenvalue weighted by Gasteiger charge is -2.06. The Morgan fingerprint density at radius 1 is 1.47 bits per heavy atom. The first-order valence-corrected chi connectivity index (χ1v) is 6.51. The quantitative estimate of drug-likeness (QED) is 0.419. The van der Waals surface area contributed by atoms with Gasteiger partial charge in [0.25, 0.3) is 0 Å². The molecule has 1 heterocycles. The Bertz CT molecular complexity index is 265. The molecule has 1 aliphatic heterocycles. The Kier molecular flexibility index (Phi) is 7.39. The summed E-state index contributed by atoms with van der Waals surface area (Å²) in [5, 5.41) is 2.89. The van der Waals surface area contributed by atoms with Crippen molar-refractivity contribution < 1.29 is 9.53 Å². The van der Waals surface area contributed by atoms with Crippen LogP contribution in [0.3, 0.4) is 0 Å². The van der Waals surface area contributed by atoms with E-state index in [4.69, 9.17) is 4.74 Å². The predicted octanol–water partition coefficient (Wildman–Crippen LogP) is 2.44. The van der Waals surface area contributed by atoms with E-state index >= 15 is 0 Å². The van der Waals surface area contributed by atoms with Crippen LogP contribution in [0.4, 0.5) is 0 Å². The van der Waals surface area contributed by atoms with Gasteiger partial charge in [0.2, 0.25) is 5.91 Å². The normalized spacial score (nSPS) is 20.4. The summed E-state index contributed by atoms with van der Waals surface area (Å²) in [5.74, 6) is 0.476. The first-order valence-electron chi connectivity index (χ1n) is 6.51. The van der Waals surface area contributed by atoms with Crippen LogP contribution in [0.15, 0.2) is 24.3 Å². The Morgan fingerprint density at radius 2 is 2.35 bits per heavy atom. The average molecular weight is 237 g/mol. The number of carbonyl (C=O) groups is 1. The summed E-state index contributed by atoms with van der Waals surface area (Å²) < 4.78 is 5.24. The number of amides is 1. The molecule has 96 valence electrons. The summed E-state index contributed by atoms with van der Waals surface area (Å²) in [4.78, 5) is 11.4. The maximum absolute atomic E-state index is 11.4. The van der Waals surface area contributed by atoms with Gasteiger partial charge >= 0.3 is 0 Å². The molecule has 0 radical (unpaired) electrons. The van der Waals surface area contributed by atoms with E-state index in [0.29, 0.717) is 5.92 Å². The molecule has 0 aliphatic carbocycles. The van der Waals surface area contributed by atoms with Crippen molar-refractivity contribution in [3.05, 3.63) is 24.3 Å². The number of unbranched alkanes of at least 4 members (excludes halogenated alkanes) is 2. The molecule has 3 heteroatoms. The molecular weight excluding hydrogens is 214 g/mol. The molecule has 0 aromatic rings. The topological polar surface area (TPSA) is 38.3 Å². The first kappa shape index (κ1) is 14.0. The fourth-order valence-corrected chi connectivity index (χ4v) is 1.69. The minimum atomic E-state index is -0.0166. The summed E-state index contributed by atoms with van der Waals surface area (Å²) in [6, 6.07) is 0. The Hall–Kier alpha value is -1.09. The van der Waals surface area contributed by atoms with Crippen molar-refractivity contribution in [3.8, 4) is 0 Å². The maximum Gasteiger partial charge on any atom is 0.243 e. The van der Waals surface area contributed by atoms with E-state index in [1.54, 1.807) is 12.2 Å². The third kappa shape index (κ3) is 6.95. The fraction of sp³-hybridized carbons (Fsp3) is 0.643. The summed E-state index contributed by atoms with van der Waals surface area (Å²) in [7, 11) is 0. The number of hydrogen-bond donors (Lipinski definition) is 1. The molecule has 1 aliphatic rings. The van der Waals surface area contributed by atoms with Crippen molar-refractivity contribution in [2.75, 3.05) is 19.8 Å². The van der Waals surface area contributed by atoms with Gasteiger partial charge in [-0.05, 0) is 12.8 Å². The molecule has 1 unspecified atom stereocenters.